The summed E-state index contributed by atoms with van der Waals surface area (Å²) in [5.74, 6) is -11.2. The van der Waals surface area contributed by atoms with Gasteiger partial charge in [-0.05, 0) is 6.92 Å². The summed E-state index contributed by atoms with van der Waals surface area (Å²) in [6, 6.07) is 0. The molecule has 0 saturated heterocycles. The van der Waals surface area contributed by atoms with Crippen molar-refractivity contribution in [2.75, 3.05) is 0 Å². The van der Waals surface area contributed by atoms with E-state index in [1.165, 1.54) is 0 Å². The molecule has 1 fully saturated rings. The maximum absolute atomic E-state index is 13.8. The number of alkyl halides is 2. The van der Waals surface area contributed by atoms with Gasteiger partial charge in [-0.1, -0.05) is 23.2 Å². The molecule has 2 atom stereocenters. The summed E-state index contributed by atoms with van der Waals surface area (Å²) in [6.07, 6.45) is 0. The number of hydrogen-bond donors (Lipinski definition) is 1. The smallest absolute Gasteiger partial charge is 0.310 e. The van der Waals surface area contributed by atoms with Gasteiger partial charge in [0.25, 0.3) is 0 Å². The average molecular weight is 317 g/mol. The van der Waals surface area contributed by atoms with Crippen LogP contribution in [0.5, 0.6) is 0 Å². The van der Waals surface area contributed by atoms with Crippen molar-refractivity contribution in [1.29, 1.82) is 0 Å². The third-order valence-electron chi connectivity index (χ3n) is 3.15. The van der Waals surface area contributed by atoms with E-state index in [0.717, 1.165) is 6.92 Å². The van der Waals surface area contributed by atoms with E-state index in [1.807, 2.05) is 0 Å². The summed E-state index contributed by atoms with van der Waals surface area (Å²) in [7, 11) is 0. The molecule has 1 aliphatic rings. The molecule has 0 radical (unpaired) electrons. The number of carbonyl (C=O) groups is 1. The van der Waals surface area contributed by atoms with Gasteiger partial charge >= 0.3 is 5.97 Å². The molecule has 0 amide bonds. The van der Waals surface area contributed by atoms with Crippen molar-refractivity contribution >= 4 is 29.2 Å². The van der Waals surface area contributed by atoms with Gasteiger partial charge in [-0.25, -0.2) is 17.6 Å². The van der Waals surface area contributed by atoms with Crippen LogP contribution in [0, 0.1) is 36.1 Å². The second-order valence-electron chi connectivity index (χ2n) is 4.26. The first kappa shape index (κ1) is 14.4. The molecule has 2 nitrogen and oxygen atoms in total. The van der Waals surface area contributed by atoms with Crippen molar-refractivity contribution in [3.63, 3.8) is 0 Å². The van der Waals surface area contributed by atoms with E-state index in [2.05, 4.69) is 0 Å². The number of halogens is 6. The number of aliphatic carboxylic acids is 1. The van der Waals surface area contributed by atoms with E-state index >= 15 is 0 Å². The van der Waals surface area contributed by atoms with Crippen LogP contribution in [-0.2, 0) is 4.79 Å². The third-order valence-corrected chi connectivity index (χ3v) is 4.09. The summed E-state index contributed by atoms with van der Waals surface area (Å²) in [4.78, 5) is 10.8. The molecule has 8 heteroatoms. The van der Waals surface area contributed by atoms with Crippen LogP contribution in [0.25, 0.3) is 0 Å². The van der Waals surface area contributed by atoms with E-state index in [9.17, 15) is 22.4 Å². The fourth-order valence-electron chi connectivity index (χ4n) is 2.04. The molecule has 1 aliphatic carbocycles. The van der Waals surface area contributed by atoms with Crippen LogP contribution in [0.15, 0.2) is 0 Å². The Morgan fingerprint density at radius 2 is 1.63 bits per heavy atom. The van der Waals surface area contributed by atoms with Crippen molar-refractivity contribution in [1.82, 2.24) is 0 Å². The molecule has 0 spiro atoms. The lowest BCUT2D eigenvalue weighted by Crippen LogP contribution is -2.08. The number of benzene rings is 1. The Bertz CT molecular complexity index is 560. The fourth-order valence-corrected chi connectivity index (χ4v) is 2.82. The zero-order chi connectivity index (χ0) is 14.7. The van der Waals surface area contributed by atoms with Gasteiger partial charge < -0.3 is 5.11 Å². The van der Waals surface area contributed by atoms with E-state index in [-0.39, 0.29) is 0 Å². The molecule has 2 rings (SSSR count). The van der Waals surface area contributed by atoms with Crippen molar-refractivity contribution in [3.8, 4) is 0 Å². The zero-order valence-corrected chi connectivity index (χ0v) is 10.8. The number of carboxylic acid groups (broad SMARTS) is 1. The van der Waals surface area contributed by atoms with Crippen LogP contribution in [-0.4, -0.2) is 15.4 Å². The fraction of sp³-hybridized carbons (Fsp3) is 0.364. The minimum absolute atomic E-state index is 0.755. The van der Waals surface area contributed by atoms with Crippen LogP contribution < -0.4 is 0 Å². The van der Waals surface area contributed by atoms with Crippen molar-refractivity contribution in [2.24, 2.45) is 5.92 Å². The molecule has 0 aromatic heterocycles. The Hall–Kier alpha value is -1.01. The number of rotatable bonds is 2. The molecule has 104 valence electrons. The first-order valence-electron chi connectivity index (χ1n) is 5.05. The normalized spacial score (nSPS) is 24.4. The minimum atomic E-state index is -1.95. The van der Waals surface area contributed by atoms with Gasteiger partial charge in [-0.15, -0.1) is 0 Å². The molecular weight excluding hydrogens is 311 g/mol. The summed E-state index contributed by atoms with van der Waals surface area (Å²) in [6.45, 7) is 0.902. The average Bonchev–Trinajstić information content (AvgIpc) is 2.87. The molecule has 2 unspecified atom stereocenters. The van der Waals surface area contributed by atoms with E-state index in [1.54, 1.807) is 0 Å². The Morgan fingerprint density at radius 3 is 2.05 bits per heavy atom. The highest BCUT2D eigenvalue weighted by Crippen LogP contribution is 2.66. The van der Waals surface area contributed by atoms with Crippen LogP contribution in [0.1, 0.15) is 17.0 Å². The highest BCUT2D eigenvalue weighted by Gasteiger charge is 2.69. The van der Waals surface area contributed by atoms with Crippen LogP contribution in [0.3, 0.4) is 0 Å². The van der Waals surface area contributed by atoms with Crippen LogP contribution >= 0.6 is 23.2 Å². The number of carboxylic acids is 1. The van der Waals surface area contributed by atoms with Gasteiger partial charge in [-0.3, -0.25) is 4.79 Å². The van der Waals surface area contributed by atoms with Gasteiger partial charge in [0.2, 0.25) is 0 Å². The zero-order valence-electron chi connectivity index (χ0n) is 9.28. The molecule has 19 heavy (non-hydrogen) atoms. The van der Waals surface area contributed by atoms with E-state index < -0.39 is 56.5 Å². The van der Waals surface area contributed by atoms with Gasteiger partial charge in [-0.2, -0.15) is 0 Å². The quantitative estimate of drug-likeness (QED) is 0.392. The SMILES string of the molecule is Cc1c(F)c(F)c(F)c(C2C(C(=O)O)C2(Cl)Cl)c1F. The lowest BCUT2D eigenvalue weighted by molar-refractivity contribution is -0.138. The minimum Gasteiger partial charge on any atom is -0.481 e. The molecule has 1 aromatic carbocycles. The van der Waals surface area contributed by atoms with Gasteiger partial charge in [0, 0.05) is 17.0 Å². The van der Waals surface area contributed by atoms with Gasteiger partial charge in [0.05, 0.1) is 0 Å². The van der Waals surface area contributed by atoms with Gasteiger partial charge in [0.1, 0.15) is 16.1 Å². The van der Waals surface area contributed by atoms with E-state index in [0.29, 0.717) is 0 Å². The maximum Gasteiger partial charge on any atom is 0.310 e. The Kier molecular flexibility index (Phi) is 3.22. The topological polar surface area (TPSA) is 37.3 Å². The first-order chi connectivity index (χ1) is 8.62. The Labute approximate surface area is 114 Å². The Morgan fingerprint density at radius 1 is 1.11 bits per heavy atom. The maximum atomic E-state index is 13.8. The van der Waals surface area contributed by atoms with Gasteiger partial charge in [0.15, 0.2) is 17.5 Å². The number of hydrogen-bond acceptors (Lipinski definition) is 1. The van der Waals surface area contributed by atoms with E-state index in [4.69, 9.17) is 28.3 Å². The first-order valence-corrected chi connectivity index (χ1v) is 5.81. The summed E-state index contributed by atoms with van der Waals surface area (Å²) >= 11 is 11.3. The largest absolute Gasteiger partial charge is 0.481 e. The standard InChI is InChI=1S/C11H6Cl2F4O2/c1-2-6(14)3(8(16)9(17)7(2)15)4-5(10(18)19)11(4,12)13/h4-5H,1H3,(H,18,19). The molecule has 0 aliphatic heterocycles. The lowest BCUT2D eigenvalue weighted by Gasteiger charge is -2.09. The molecule has 1 N–H and O–H groups in total. The highest BCUT2D eigenvalue weighted by atomic mass is 35.5. The van der Waals surface area contributed by atoms with Crippen LogP contribution in [0.2, 0.25) is 0 Å². The van der Waals surface area contributed by atoms with Crippen molar-refractivity contribution < 1.29 is 27.5 Å². The summed E-state index contributed by atoms with van der Waals surface area (Å²) in [5.41, 5.74) is -1.69. The Balaban J connectivity index is 2.63. The lowest BCUT2D eigenvalue weighted by atomic mass is 10.0. The molecule has 0 bridgehead atoms. The third kappa shape index (κ3) is 1.89. The monoisotopic (exact) mass is 316 g/mol. The second kappa shape index (κ2) is 4.24. The van der Waals surface area contributed by atoms with Crippen molar-refractivity contribution in [2.45, 2.75) is 17.2 Å². The van der Waals surface area contributed by atoms with Crippen molar-refractivity contribution in [3.05, 3.63) is 34.4 Å². The highest BCUT2D eigenvalue weighted by molar-refractivity contribution is 6.53. The molecular formula is C11H6Cl2F4O2. The van der Waals surface area contributed by atoms with Crippen LogP contribution in [0.4, 0.5) is 17.6 Å². The molecule has 0 heterocycles. The second-order valence-corrected chi connectivity index (χ2v) is 5.71. The summed E-state index contributed by atoms with van der Waals surface area (Å²) < 4.78 is 51.8. The summed E-state index contributed by atoms with van der Waals surface area (Å²) in [5, 5.41) is 8.81. The predicted molar refractivity (Wildman–Crippen MR) is 59.3 cm³/mol. The predicted octanol–water partition coefficient (Wildman–Crippen LogP) is 3.52. The molecule has 1 aromatic rings. The molecule has 1 saturated carbocycles.